The zero-order valence-corrected chi connectivity index (χ0v) is 19.3. The van der Waals surface area contributed by atoms with E-state index in [9.17, 15) is 14.7 Å². The normalized spacial score (nSPS) is 23.2. The van der Waals surface area contributed by atoms with Crippen LogP contribution in [-0.4, -0.2) is 41.0 Å². The van der Waals surface area contributed by atoms with Crippen molar-refractivity contribution in [2.75, 3.05) is 13.2 Å². The molecule has 2 unspecified atom stereocenters. The molecule has 0 saturated carbocycles. The van der Waals surface area contributed by atoms with Gasteiger partial charge in [0.2, 0.25) is 0 Å². The Kier molecular flexibility index (Phi) is 6.30. The lowest BCUT2D eigenvalue weighted by Gasteiger charge is -2.27. The van der Waals surface area contributed by atoms with E-state index in [1.54, 1.807) is 29.2 Å². The predicted octanol–water partition coefficient (Wildman–Crippen LogP) is 5.17. The number of Topliss-reactive ketones (excluding diaryl/α,β-unsaturated/α-hetero) is 1. The van der Waals surface area contributed by atoms with Crippen molar-refractivity contribution < 1.29 is 19.4 Å². The maximum atomic E-state index is 13.1. The SMILES string of the molecule is CC(C)c1ccc(C2/C(=C(\O)c3ccc(Br)cc3)C(=O)C(=O)N2CC2CCCO2)cc1. The first-order chi connectivity index (χ1) is 14.9. The van der Waals surface area contributed by atoms with Crippen LogP contribution < -0.4 is 0 Å². The Hall–Kier alpha value is -2.44. The number of likely N-dealkylation sites (tertiary alicyclic amines) is 1. The summed E-state index contributed by atoms with van der Waals surface area (Å²) in [5, 5.41) is 11.1. The van der Waals surface area contributed by atoms with Gasteiger partial charge in [-0.25, -0.2) is 0 Å². The molecule has 4 rings (SSSR count). The summed E-state index contributed by atoms with van der Waals surface area (Å²) in [6.45, 7) is 5.23. The van der Waals surface area contributed by atoms with Crippen molar-refractivity contribution >= 4 is 33.4 Å². The summed E-state index contributed by atoms with van der Waals surface area (Å²) in [7, 11) is 0. The Morgan fingerprint density at radius 1 is 1.13 bits per heavy atom. The molecule has 1 N–H and O–H groups in total. The first kappa shape index (κ1) is 21.8. The number of carbonyl (C=O) groups excluding carboxylic acids is 2. The average molecular weight is 484 g/mol. The molecule has 2 aliphatic heterocycles. The van der Waals surface area contributed by atoms with Gasteiger partial charge in [0, 0.05) is 23.2 Å². The summed E-state index contributed by atoms with van der Waals surface area (Å²) >= 11 is 3.38. The minimum atomic E-state index is -0.656. The third-order valence-corrected chi connectivity index (χ3v) is 6.53. The topological polar surface area (TPSA) is 66.8 Å². The van der Waals surface area contributed by atoms with Gasteiger partial charge in [0.05, 0.1) is 17.7 Å². The van der Waals surface area contributed by atoms with Crippen molar-refractivity contribution in [3.05, 3.63) is 75.3 Å². The number of nitrogens with zero attached hydrogens (tertiary/aromatic N) is 1. The lowest BCUT2D eigenvalue weighted by molar-refractivity contribution is -0.140. The van der Waals surface area contributed by atoms with Gasteiger partial charge in [0.25, 0.3) is 11.7 Å². The average Bonchev–Trinajstić information content (AvgIpc) is 3.36. The van der Waals surface area contributed by atoms with Gasteiger partial charge in [-0.3, -0.25) is 9.59 Å². The molecule has 6 heteroatoms. The number of benzene rings is 2. The molecule has 2 heterocycles. The summed E-state index contributed by atoms with van der Waals surface area (Å²) in [6, 6.07) is 14.3. The zero-order valence-electron chi connectivity index (χ0n) is 17.7. The number of aliphatic hydroxyl groups is 1. The van der Waals surface area contributed by atoms with E-state index in [4.69, 9.17) is 4.74 Å². The number of aliphatic hydroxyl groups excluding tert-OH is 1. The van der Waals surface area contributed by atoms with E-state index in [0.29, 0.717) is 24.6 Å². The quantitative estimate of drug-likeness (QED) is 0.361. The molecule has 2 aromatic carbocycles. The second kappa shape index (κ2) is 8.97. The minimum Gasteiger partial charge on any atom is -0.507 e. The number of amides is 1. The fourth-order valence-electron chi connectivity index (χ4n) is 4.25. The first-order valence-corrected chi connectivity index (χ1v) is 11.4. The maximum Gasteiger partial charge on any atom is 0.295 e. The van der Waals surface area contributed by atoms with E-state index in [1.807, 2.05) is 24.3 Å². The van der Waals surface area contributed by atoms with Crippen molar-refractivity contribution in [3.8, 4) is 0 Å². The summed E-state index contributed by atoms with van der Waals surface area (Å²) in [5.74, 6) is -1.03. The van der Waals surface area contributed by atoms with Gasteiger partial charge in [-0.2, -0.15) is 0 Å². The highest BCUT2D eigenvalue weighted by Crippen LogP contribution is 2.40. The molecule has 1 amide bonds. The van der Waals surface area contributed by atoms with E-state index in [2.05, 4.69) is 29.8 Å². The Balaban J connectivity index is 1.80. The highest BCUT2D eigenvalue weighted by molar-refractivity contribution is 9.10. The smallest absolute Gasteiger partial charge is 0.295 e. The molecule has 2 fully saturated rings. The molecule has 5 nitrogen and oxygen atoms in total. The van der Waals surface area contributed by atoms with Crippen LogP contribution in [0.1, 0.15) is 55.3 Å². The van der Waals surface area contributed by atoms with Crippen molar-refractivity contribution in [2.24, 2.45) is 0 Å². The Labute approximate surface area is 190 Å². The molecule has 2 aliphatic rings. The number of hydrogen-bond donors (Lipinski definition) is 1. The predicted molar refractivity (Wildman–Crippen MR) is 123 cm³/mol. The van der Waals surface area contributed by atoms with E-state index in [0.717, 1.165) is 22.9 Å². The van der Waals surface area contributed by atoms with E-state index >= 15 is 0 Å². The lowest BCUT2D eigenvalue weighted by Crippen LogP contribution is -2.36. The molecule has 0 radical (unpaired) electrons. The molecule has 2 aromatic rings. The van der Waals surface area contributed by atoms with Crippen molar-refractivity contribution in [2.45, 2.75) is 44.8 Å². The third-order valence-electron chi connectivity index (χ3n) is 6.00. The Morgan fingerprint density at radius 2 is 1.81 bits per heavy atom. The highest BCUT2D eigenvalue weighted by atomic mass is 79.9. The molecule has 0 aliphatic carbocycles. The summed E-state index contributed by atoms with van der Waals surface area (Å²) in [5.41, 5.74) is 2.61. The molecular formula is C25H26BrNO4. The molecule has 0 spiro atoms. The van der Waals surface area contributed by atoms with Crippen molar-refractivity contribution in [1.82, 2.24) is 4.90 Å². The van der Waals surface area contributed by atoms with Gasteiger partial charge in [0.15, 0.2) is 0 Å². The number of ketones is 1. The van der Waals surface area contributed by atoms with Gasteiger partial charge < -0.3 is 14.7 Å². The second-order valence-electron chi connectivity index (χ2n) is 8.41. The van der Waals surface area contributed by atoms with Crippen LogP contribution in [0.15, 0.2) is 58.6 Å². The highest BCUT2D eigenvalue weighted by Gasteiger charge is 2.47. The molecule has 31 heavy (non-hydrogen) atoms. The summed E-state index contributed by atoms with van der Waals surface area (Å²) < 4.78 is 6.60. The third kappa shape index (κ3) is 4.32. The number of ether oxygens (including phenoxy) is 1. The summed E-state index contributed by atoms with van der Waals surface area (Å²) in [6.07, 6.45) is 1.71. The standard InChI is InChI=1S/C25H26BrNO4/c1-15(2)16-5-7-17(8-6-16)22-21(23(28)18-9-11-19(26)12-10-18)24(29)25(30)27(22)14-20-4-3-13-31-20/h5-12,15,20,22,28H,3-4,13-14H2,1-2H3/b23-21+. The van der Waals surface area contributed by atoms with E-state index in [-0.39, 0.29) is 17.4 Å². The summed E-state index contributed by atoms with van der Waals surface area (Å²) in [4.78, 5) is 27.7. The van der Waals surface area contributed by atoms with Crippen molar-refractivity contribution in [1.29, 1.82) is 0 Å². The van der Waals surface area contributed by atoms with Crippen LogP contribution >= 0.6 is 15.9 Å². The van der Waals surface area contributed by atoms with Gasteiger partial charge in [-0.15, -0.1) is 0 Å². The number of rotatable bonds is 5. The molecule has 2 atom stereocenters. The second-order valence-corrected chi connectivity index (χ2v) is 9.33. The number of halogens is 1. The molecule has 0 bridgehead atoms. The van der Waals surface area contributed by atoms with Crippen LogP contribution in [0.2, 0.25) is 0 Å². The number of carbonyl (C=O) groups is 2. The van der Waals surface area contributed by atoms with Crippen LogP contribution in [-0.2, 0) is 14.3 Å². The molecule has 0 aromatic heterocycles. The van der Waals surface area contributed by atoms with Crippen LogP contribution in [0.25, 0.3) is 5.76 Å². The zero-order chi connectivity index (χ0) is 22.1. The Bertz CT molecular complexity index is 1000. The fraction of sp³-hybridized carbons (Fsp3) is 0.360. The van der Waals surface area contributed by atoms with Gasteiger partial charge in [-0.05, 0) is 42.0 Å². The monoisotopic (exact) mass is 483 g/mol. The van der Waals surface area contributed by atoms with E-state index in [1.165, 1.54) is 5.56 Å². The van der Waals surface area contributed by atoms with E-state index < -0.39 is 17.7 Å². The van der Waals surface area contributed by atoms with Crippen LogP contribution in [0, 0.1) is 0 Å². The molecule has 162 valence electrons. The number of hydrogen-bond acceptors (Lipinski definition) is 4. The van der Waals surface area contributed by atoms with Gasteiger partial charge in [-0.1, -0.05) is 66.2 Å². The van der Waals surface area contributed by atoms with Gasteiger partial charge in [0.1, 0.15) is 5.76 Å². The first-order valence-electron chi connectivity index (χ1n) is 10.6. The van der Waals surface area contributed by atoms with Crippen molar-refractivity contribution in [3.63, 3.8) is 0 Å². The Morgan fingerprint density at radius 3 is 2.39 bits per heavy atom. The van der Waals surface area contributed by atoms with Crippen LogP contribution in [0.3, 0.4) is 0 Å². The largest absolute Gasteiger partial charge is 0.507 e. The lowest BCUT2D eigenvalue weighted by atomic mass is 9.93. The minimum absolute atomic E-state index is 0.0941. The van der Waals surface area contributed by atoms with Crippen LogP contribution in [0.4, 0.5) is 0 Å². The molecule has 2 saturated heterocycles. The van der Waals surface area contributed by atoms with Crippen LogP contribution in [0.5, 0.6) is 0 Å². The maximum absolute atomic E-state index is 13.1. The van der Waals surface area contributed by atoms with Gasteiger partial charge >= 0.3 is 0 Å². The molecular weight excluding hydrogens is 458 g/mol. The fourth-order valence-corrected chi connectivity index (χ4v) is 4.51.